The van der Waals surface area contributed by atoms with Gasteiger partial charge < -0.3 is 10.1 Å². The van der Waals surface area contributed by atoms with E-state index >= 15 is 0 Å². The van der Waals surface area contributed by atoms with Crippen LogP contribution in [-0.2, 0) is 17.7 Å². The van der Waals surface area contributed by atoms with E-state index in [1.54, 1.807) is 0 Å². The van der Waals surface area contributed by atoms with Gasteiger partial charge >= 0.3 is 0 Å². The Morgan fingerprint density at radius 3 is 3.12 bits per heavy atom. The molecule has 0 aliphatic carbocycles. The van der Waals surface area contributed by atoms with Crippen LogP contribution in [-0.4, -0.2) is 23.1 Å². The maximum Gasteiger partial charge on any atom is 0.157 e. The molecule has 0 fully saturated rings. The summed E-state index contributed by atoms with van der Waals surface area (Å²) in [5.41, 5.74) is 2.41. The lowest BCUT2D eigenvalue weighted by molar-refractivity contribution is 0.0532. The first kappa shape index (κ1) is 11.5. The second kappa shape index (κ2) is 5.37. The molecule has 0 aromatic carbocycles. The molecule has 4 heteroatoms. The molecule has 0 spiro atoms. The van der Waals surface area contributed by atoms with Crippen LogP contribution in [0.4, 0.5) is 0 Å². The Bertz CT molecular complexity index is 354. The van der Waals surface area contributed by atoms with E-state index < -0.39 is 0 Å². The lowest BCUT2D eigenvalue weighted by atomic mass is 10.1. The zero-order chi connectivity index (χ0) is 11.4. The van der Waals surface area contributed by atoms with Crippen LogP contribution in [0, 0.1) is 0 Å². The number of nitrogens with zero attached hydrogens (tertiary/aromatic N) is 2. The van der Waals surface area contributed by atoms with Crippen molar-refractivity contribution in [2.75, 3.05) is 13.2 Å². The summed E-state index contributed by atoms with van der Waals surface area (Å²) in [6.07, 6.45) is 3.90. The lowest BCUT2D eigenvalue weighted by Gasteiger charge is -2.19. The zero-order valence-electron chi connectivity index (χ0n) is 9.99. The molecular weight excluding hydrogens is 202 g/mol. The average Bonchev–Trinajstić information content (AvgIpc) is 2.35. The molecule has 16 heavy (non-hydrogen) atoms. The third-order valence-corrected chi connectivity index (χ3v) is 2.85. The molecule has 2 rings (SSSR count). The highest BCUT2D eigenvalue weighted by Gasteiger charge is 2.16. The predicted octanol–water partition coefficient (Wildman–Crippen LogP) is 1.61. The minimum absolute atomic E-state index is 0.0465. The molecule has 0 saturated carbocycles. The zero-order valence-corrected chi connectivity index (χ0v) is 9.99. The third kappa shape index (κ3) is 2.39. The van der Waals surface area contributed by atoms with Crippen molar-refractivity contribution in [2.45, 2.75) is 39.3 Å². The fourth-order valence-corrected chi connectivity index (χ4v) is 1.98. The van der Waals surface area contributed by atoms with Gasteiger partial charge in [0.15, 0.2) is 5.82 Å². The summed E-state index contributed by atoms with van der Waals surface area (Å²) in [6.45, 7) is 6.71. The molecule has 0 amide bonds. The van der Waals surface area contributed by atoms with Crippen molar-refractivity contribution in [2.24, 2.45) is 0 Å². The van der Waals surface area contributed by atoms with E-state index in [1.165, 1.54) is 11.3 Å². The molecule has 1 aromatic heterocycles. The number of nitrogens with one attached hydrogen (secondary N) is 1. The van der Waals surface area contributed by atoms with Crippen molar-refractivity contribution < 1.29 is 4.74 Å². The van der Waals surface area contributed by atoms with E-state index in [-0.39, 0.29) is 6.10 Å². The summed E-state index contributed by atoms with van der Waals surface area (Å²) >= 11 is 0. The summed E-state index contributed by atoms with van der Waals surface area (Å²) in [5.74, 6) is 0.838. The summed E-state index contributed by atoms with van der Waals surface area (Å²) in [6, 6.07) is 0. The monoisotopic (exact) mass is 221 g/mol. The number of hydrogen-bond donors (Lipinski definition) is 1. The van der Waals surface area contributed by atoms with Gasteiger partial charge in [-0.2, -0.15) is 0 Å². The van der Waals surface area contributed by atoms with Crippen molar-refractivity contribution in [1.29, 1.82) is 0 Å². The molecule has 1 N–H and O–H groups in total. The molecule has 1 aromatic rings. The first-order valence-electron chi connectivity index (χ1n) is 6.02. The molecule has 88 valence electrons. The summed E-state index contributed by atoms with van der Waals surface area (Å²) in [7, 11) is 0. The molecule has 0 saturated heterocycles. The summed E-state index contributed by atoms with van der Waals surface area (Å²) < 4.78 is 5.63. The fourth-order valence-electron chi connectivity index (χ4n) is 1.98. The van der Waals surface area contributed by atoms with Gasteiger partial charge in [0.2, 0.25) is 0 Å². The molecule has 1 atom stereocenters. The van der Waals surface area contributed by atoms with E-state index in [0.717, 1.165) is 31.8 Å². The van der Waals surface area contributed by atoms with Crippen molar-refractivity contribution in [3.8, 4) is 0 Å². The lowest BCUT2D eigenvalue weighted by Crippen LogP contribution is -2.25. The van der Waals surface area contributed by atoms with Crippen LogP contribution in [0.5, 0.6) is 0 Å². The first-order chi connectivity index (χ1) is 7.85. The highest BCUT2D eigenvalue weighted by atomic mass is 16.5. The van der Waals surface area contributed by atoms with Gasteiger partial charge in [-0.3, -0.25) is 0 Å². The van der Waals surface area contributed by atoms with Gasteiger partial charge in [0.05, 0.1) is 0 Å². The maximum atomic E-state index is 5.63. The van der Waals surface area contributed by atoms with Crippen LogP contribution in [0.25, 0.3) is 0 Å². The smallest absolute Gasteiger partial charge is 0.157 e. The van der Waals surface area contributed by atoms with Crippen LogP contribution >= 0.6 is 0 Å². The molecule has 0 bridgehead atoms. The van der Waals surface area contributed by atoms with Crippen LogP contribution in [0.3, 0.4) is 0 Å². The molecule has 0 radical (unpaired) electrons. The second-order valence-electron chi connectivity index (χ2n) is 3.98. The molecule has 2 heterocycles. The van der Waals surface area contributed by atoms with Crippen LogP contribution in [0.15, 0.2) is 6.20 Å². The van der Waals surface area contributed by atoms with Crippen molar-refractivity contribution >= 4 is 0 Å². The van der Waals surface area contributed by atoms with Gasteiger partial charge in [0.25, 0.3) is 0 Å². The summed E-state index contributed by atoms with van der Waals surface area (Å²) in [4.78, 5) is 9.03. The van der Waals surface area contributed by atoms with Crippen LogP contribution in [0.1, 0.15) is 43.5 Å². The van der Waals surface area contributed by atoms with E-state index in [0.29, 0.717) is 6.61 Å². The molecule has 1 aliphatic heterocycles. The fraction of sp³-hybridized carbons (Fsp3) is 0.667. The Kier molecular flexibility index (Phi) is 3.85. The number of aromatic nitrogens is 2. The van der Waals surface area contributed by atoms with E-state index in [9.17, 15) is 0 Å². The quantitative estimate of drug-likeness (QED) is 0.839. The second-order valence-corrected chi connectivity index (χ2v) is 3.98. The van der Waals surface area contributed by atoms with Crippen LogP contribution < -0.4 is 5.32 Å². The van der Waals surface area contributed by atoms with E-state index in [2.05, 4.69) is 22.2 Å². The Hall–Kier alpha value is -1.00. The number of hydrogen-bond acceptors (Lipinski definition) is 4. The molecular formula is C12H19N3O. The van der Waals surface area contributed by atoms with Crippen molar-refractivity contribution in [3.63, 3.8) is 0 Å². The minimum atomic E-state index is 0.0465. The number of rotatable bonds is 4. The van der Waals surface area contributed by atoms with Gasteiger partial charge in [0.1, 0.15) is 6.10 Å². The average molecular weight is 221 g/mol. The highest BCUT2D eigenvalue weighted by molar-refractivity contribution is 5.20. The van der Waals surface area contributed by atoms with Crippen LogP contribution in [0.2, 0.25) is 0 Å². The highest BCUT2D eigenvalue weighted by Crippen LogP contribution is 2.19. The largest absolute Gasteiger partial charge is 0.371 e. The Balaban J connectivity index is 2.21. The Morgan fingerprint density at radius 2 is 2.38 bits per heavy atom. The molecule has 1 aliphatic rings. The minimum Gasteiger partial charge on any atom is -0.371 e. The maximum absolute atomic E-state index is 5.63. The molecule has 1 unspecified atom stereocenters. The Morgan fingerprint density at radius 1 is 1.50 bits per heavy atom. The van der Waals surface area contributed by atoms with Gasteiger partial charge in [-0.1, -0.05) is 6.92 Å². The standard InChI is InChI=1S/C12H19N3O/c1-3-11(16-4-2)12-14-8-9-7-13-6-5-10(9)15-12/h8,11,13H,3-7H2,1-2H3. The number of fused-ring (bicyclic) bond motifs is 1. The van der Waals surface area contributed by atoms with Gasteiger partial charge in [-0.25, -0.2) is 9.97 Å². The predicted molar refractivity (Wildman–Crippen MR) is 62.1 cm³/mol. The molecule has 4 nitrogen and oxygen atoms in total. The van der Waals surface area contributed by atoms with Crippen molar-refractivity contribution in [3.05, 3.63) is 23.3 Å². The number of ether oxygens (including phenoxy) is 1. The van der Waals surface area contributed by atoms with E-state index in [4.69, 9.17) is 4.74 Å². The summed E-state index contributed by atoms with van der Waals surface area (Å²) in [5, 5.41) is 3.32. The van der Waals surface area contributed by atoms with Gasteiger partial charge in [-0.05, 0) is 13.3 Å². The van der Waals surface area contributed by atoms with Gasteiger partial charge in [0, 0.05) is 43.6 Å². The van der Waals surface area contributed by atoms with Gasteiger partial charge in [-0.15, -0.1) is 0 Å². The first-order valence-corrected chi connectivity index (χ1v) is 6.02. The Labute approximate surface area is 96.4 Å². The SMILES string of the molecule is CCOC(CC)c1ncc2c(n1)CCNC2. The topological polar surface area (TPSA) is 47.0 Å². The third-order valence-electron chi connectivity index (χ3n) is 2.85. The van der Waals surface area contributed by atoms with E-state index in [1.807, 2.05) is 13.1 Å². The normalized spacial score (nSPS) is 16.9. The van der Waals surface area contributed by atoms with Crippen molar-refractivity contribution in [1.82, 2.24) is 15.3 Å².